The molecule has 3 rings (SSSR count). The molecule has 2 aromatic heterocycles. The van der Waals surface area contributed by atoms with Crippen molar-refractivity contribution in [1.29, 1.82) is 0 Å². The number of thiophene rings is 1. The number of aromatic nitrogens is 1. The Morgan fingerprint density at radius 2 is 1.82 bits per heavy atom. The highest BCUT2D eigenvalue weighted by molar-refractivity contribution is 7.12. The van der Waals surface area contributed by atoms with Crippen molar-refractivity contribution in [3.63, 3.8) is 0 Å². The summed E-state index contributed by atoms with van der Waals surface area (Å²) in [6.07, 6.45) is 3.56. The van der Waals surface area contributed by atoms with E-state index in [9.17, 15) is 9.59 Å². The van der Waals surface area contributed by atoms with Crippen LogP contribution in [0.15, 0.2) is 36.0 Å². The van der Waals surface area contributed by atoms with Gasteiger partial charge in [0.05, 0.1) is 10.4 Å². The Kier molecular flexibility index (Phi) is 4.20. The second-order valence-electron chi connectivity index (χ2n) is 5.24. The molecule has 6 heteroatoms. The van der Waals surface area contributed by atoms with E-state index in [0.717, 1.165) is 18.8 Å². The summed E-state index contributed by atoms with van der Waals surface area (Å²) in [4.78, 5) is 32.6. The quantitative estimate of drug-likeness (QED) is 0.816. The average Bonchev–Trinajstić information content (AvgIpc) is 3.05. The summed E-state index contributed by atoms with van der Waals surface area (Å²) in [6, 6.07) is 5.66. The largest absolute Gasteiger partial charge is 0.368 e. The van der Waals surface area contributed by atoms with Crippen LogP contribution in [-0.4, -0.2) is 47.8 Å². The summed E-state index contributed by atoms with van der Waals surface area (Å²) in [6.45, 7) is 4.51. The number of hydrogen-bond donors (Lipinski definition) is 0. The van der Waals surface area contributed by atoms with Gasteiger partial charge >= 0.3 is 0 Å². The molecule has 0 bridgehead atoms. The normalized spacial score (nSPS) is 15.0. The smallest absolute Gasteiger partial charge is 0.254 e. The Morgan fingerprint density at radius 1 is 1.14 bits per heavy atom. The van der Waals surface area contributed by atoms with E-state index in [2.05, 4.69) is 9.88 Å². The minimum atomic E-state index is 0.00607. The maximum Gasteiger partial charge on any atom is 0.254 e. The van der Waals surface area contributed by atoms with Crippen LogP contribution in [0.3, 0.4) is 0 Å². The highest BCUT2D eigenvalue weighted by Gasteiger charge is 2.23. The van der Waals surface area contributed by atoms with Gasteiger partial charge in [-0.2, -0.15) is 0 Å². The number of carbonyl (C=O) groups is 2. The van der Waals surface area contributed by atoms with Gasteiger partial charge in [-0.15, -0.1) is 11.3 Å². The maximum absolute atomic E-state index is 12.5. The van der Waals surface area contributed by atoms with Gasteiger partial charge in [-0.1, -0.05) is 0 Å². The van der Waals surface area contributed by atoms with Crippen molar-refractivity contribution in [2.75, 3.05) is 31.1 Å². The van der Waals surface area contributed by atoms with Crippen LogP contribution in [0.4, 0.5) is 5.69 Å². The van der Waals surface area contributed by atoms with Crippen LogP contribution in [0.2, 0.25) is 0 Å². The topological polar surface area (TPSA) is 53.5 Å². The van der Waals surface area contributed by atoms with E-state index in [1.54, 1.807) is 23.8 Å². The second kappa shape index (κ2) is 6.27. The number of nitrogens with zero attached hydrogens (tertiary/aromatic N) is 3. The Bertz CT molecular complexity index is 676. The third kappa shape index (κ3) is 3.01. The van der Waals surface area contributed by atoms with Crippen LogP contribution < -0.4 is 4.90 Å². The summed E-state index contributed by atoms with van der Waals surface area (Å²) in [5, 5.41) is 1.77. The summed E-state index contributed by atoms with van der Waals surface area (Å²) >= 11 is 1.33. The molecule has 0 aromatic carbocycles. The molecule has 1 amide bonds. The molecule has 0 saturated carbocycles. The van der Waals surface area contributed by atoms with Gasteiger partial charge in [0.2, 0.25) is 0 Å². The molecule has 22 heavy (non-hydrogen) atoms. The van der Waals surface area contributed by atoms with Gasteiger partial charge in [0.25, 0.3) is 5.91 Å². The Morgan fingerprint density at radius 3 is 2.41 bits per heavy atom. The average molecular weight is 315 g/mol. The van der Waals surface area contributed by atoms with E-state index >= 15 is 0 Å². The molecule has 0 unspecified atom stereocenters. The minimum Gasteiger partial charge on any atom is -0.368 e. The summed E-state index contributed by atoms with van der Waals surface area (Å²) in [7, 11) is 0. The van der Waals surface area contributed by atoms with Crippen molar-refractivity contribution in [2.24, 2.45) is 0 Å². The lowest BCUT2D eigenvalue weighted by Gasteiger charge is -2.36. The second-order valence-corrected chi connectivity index (χ2v) is 6.15. The van der Waals surface area contributed by atoms with Crippen LogP contribution in [0.5, 0.6) is 0 Å². The highest BCUT2D eigenvalue weighted by Crippen LogP contribution is 2.19. The molecule has 0 aliphatic carbocycles. The van der Waals surface area contributed by atoms with E-state index < -0.39 is 0 Å². The van der Waals surface area contributed by atoms with Crippen LogP contribution in [-0.2, 0) is 0 Å². The first-order valence-corrected chi connectivity index (χ1v) is 8.07. The molecular formula is C16H17N3O2S. The number of anilines is 1. The van der Waals surface area contributed by atoms with Crippen LogP contribution in [0.1, 0.15) is 27.0 Å². The zero-order valence-electron chi connectivity index (χ0n) is 12.4. The molecular weight excluding hydrogens is 298 g/mol. The summed E-state index contributed by atoms with van der Waals surface area (Å²) in [5.74, 6) is 0.0182. The van der Waals surface area contributed by atoms with Crippen molar-refractivity contribution in [3.05, 3.63) is 46.4 Å². The first-order valence-electron chi connectivity index (χ1n) is 7.19. The van der Waals surface area contributed by atoms with E-state index in [4.69, 9.17) is 0 Å². The van der Waals surface area contributed by atoms with Crippen molar-refractivity contribution >= 4 is 28.7 Å². The molecule has 0 radical (unpaired) electrons. The summed E-state index contributed by atoms with van der Waals surface area (Å²) < 4.78 is 0. The molecule has 1 aliphatic heterocycles. The Hall–Kier alpha value is -2.21. The van der Waals surface area contributed by atoms with Gasteiger partial charge in [-0.3, -0.25) is 14.6 Å². The van der Waals surface area contributed by atoms with Crippen molar-refractivity contribution in [1.82, 2.24) is 9.88 Å². The third-order valence-corrected chi connectivity index (χ3v) is 4.82. The Labute approximate surface area is 133 Å². The van der Waals surface area contributed by atoms with Crippen LogP contribution >= 0.6 is 11.3 Å². The van der Waals surface area contributed by atoms with E-state index in [0.29, 0.717) is 23.5 Å². The van der Waals surface area contributed by atoms with Gasteiger partial charge < -0.3 is 9.80 Å². The number of rotatable bonds is 3. The molecule has 1 fully saturated rings. The van der Waals surface area contributed by atoms with E-state index in [1.165, 1.54) is 18.3 Å². The first kappa shape index (κ1) is 14.7. The molecule has 2 aromatic rings. The lowest BCUT2D eigenvalue weighted by atomic mass is 10.2. The number of amides is 1. The lowest BCUT2D eigenvalue weighted by Crippen LogP contribution is -2.48. The number of piperazine rings is 1. The predicted molar refractivity (Wildman–Crippen MR) is 86.7 cm³/mol. The molecule has 3 heterocycles. The van der Waals surface area contributed by atoms with Gasteiger partial charge in [-0.25, -0.2) is 0 Å². The zero-order valence-corrected chi connectivity index (χ0v) is 13.2. The summed E-state index contributed by atoms with van der Waals surface area (Å²) in [5.41, 5.74) is 1.75. The molecule has 1 aliphatic rings. The fourth-order valence-corrected chi connectivity index (χ4v) is 3.32. The number of ketones is 1. The number of carbonyl (C=O) groups excluding carboxylic acids is 2. The first-order chi connectivity index (χ1) is 10.6. The Balaban J connectivity index is 1.63. The number of Topliss-reactive ketones (excluding diaryl/α,β-unsaturated/α-hetero) is 1. The molecule has 5 nitrogen and oxygen atoms in total. The van der Waals surface area contributed by atoms with E-state index in [1.807, 2.05) is 17.0 Å². The van der Waals surface area contributed by atoms with Gasteiger partial charge in [0, 0.05) is 49.6 Å². The fraction of sp³-hybridized carbons (Fsp3) is 0.312. The van der Waals surface area contributed by atoms with Gasteiger partial charge in [-0.05, 0) is 25.1 Å². The van der Waals surface area contributed by atoms with Crippen LogP contribution in [0.25, 0.3) is 0 Å². The minimum absolute atomic E-state index is 0.00607. The van der Waals surface area contributed by atoms with Gasteiger partial charge in [0.15, 0.2) is 5.78 Å². The molecule has 0 spiro atoms. The molecule has 0 atom stereocenters. The maximum atomic E-state index is 12.5. The lowest BCUT2D eigenvalue weighted by molar-refractivity contribution is 0.0747. The van der Waals surface area contributed by atoms with E-state index in [-0.39, 0.29) is 11.7 Å². The standard InChI is InChI=1S/C16H17N3O2S/c1-12(20)15-10-13(11-22-15)16(21)19-8-6-18(7-9-19)14-2-4-17-5-3-14/h2-5,10-11H,6-9H2,1H3. The predicted octanol–water partition coefficient (Wildman–Crippen LogP) is 2.31. The van der Waals surface area contributed by atoms with Crippen molar-refractivity contribution < 1.29 is 9.59 Å². The third-order valence-electron chi connectivity index (χ3n) is 3.79. The monoisotopic (exact) mass is 315 g/mol. The highest BCUT2D eigenvalue weighted by atomic mass is 32.1. The van der Waals surface area contributed by atoms with Crippen molar-refractivity contribution in [3.8, 4) is 0 Å². The van der Waals surface area contributed by atoms with Crippen LogP contribution in [0, 0.1) is 0 Å². The number of hydrogen-bond acceptors (Lipinski definition) is 5. The zero-order chi connectivity index (χ0) is 15.5. The molecule has 0 N–H and O–H groups in total. The van der Waals surface area contributed by atoms with Gasteiger partial charge in [0.1, 0.15) is 0 Å². The fourth-order valence-electron chi connectivity index (χ4n) is 2.54. The molecule has 1 saturated heterocycles. The molecule has 114 valence electrons. The SMILES string of the molecule is CC(=O)c1cc(C(=O)N2CCN(c3ccncc3)CC2)cs1. The number of pyridine rings is 1. The van der Waals surface area contributed by atoms with Crippen molar-refractivity contribution in [2.45, 2.75) is 6.92 Å².